The fourth-order valence-corrected chi connectivity index (χ4v) is 2.28. The third kappa shape index (κ3) is 4.99. The third-order valence-corrected chi connectivity index (χ3v) is 3.41. The highest BCUT2D eigenvalue weighted by Gasteiger charge is 2.16. The van der Waals surface area contributed by atoms with Gasteiger partial charge < -0.3 is 5.32 Å². The molecule has 0 radical (unpaired) electrons. The molecule has 0 aliphatic heterocycles. The van der Waals surface area contributed by atoms with Crippen LogP contribution in [-0.2, 0) is 0 Å². The Kier molecular flexibility index (Phi) is 5.54. The van der Waals surface area contributed by atoms with Crippen molar-refractivity contribution in [3.05, 3.63) is 0 Å². The molecule has 0 saturated heterocycles. The van der Waals surface area contributed by atoms with Crippen molar-refractivity contribution in [1.29, 1.82) is 0 Å². The Morgan fingerprint density at radius 2 is 1.79 bits per heavy atom. The van der Waals surface area contributed by atoms with E-state index in [1.54, 1.807) is 0 Å². The minimum absolute atomic E-state index is 0.832. The van der Waals surface area contributed by atoms with Crippen LogP contribution in [0, 0.1) is 11.8 Å². The molecule has 0 aromatic carbocycles. The molecule has 1 fully saturated rings. The summed E-state index contributed by atoms with van der Waals surface area (Å²) < 4.78 is 0. The van der Waals surface area contributed by atoms with E-state index in [2.05, 4.69) is 26.1 Å². The molecule has 0 aromatic rings. The molecule has 1 N–H and O–H groups in total. The van der Waals surface area contributed by atoms with Gasteiger partial charge >= 0.3 is 0 Å². The van der Waals surface area contributed by atoms with Crippen molar-refractivity contribution in [2.45, 2.75) is 65.3 Å². The standard InChI is InChI=1S/C13H27N/c1-11(2)5-4-10-14-13-8-6-12(3)7-9-13/h11-14H,4-10H2,1-3H3. The van der Waals surface area contributed by atoms with Crippen LogP contribution in [0.15, 0.2) is 0 Å². The molecular weight excluding hydrogens is 170 g/mol. The lowest BCUT2D eigenvalue weighted by Gasteiger charge is -2.27. The minimum atomic E-state index is 0.832. The molecule has 0 bridgehead atoms. The zero-order valence-corrected chi connectivity index (χ0v) is 10.2. The van der Waals surface area contributed by atoms with Crippen LogP contribution in [0.3, 0.4) is 0 Å². The van der Waals surface area contributed by atoms with E-state index >= 15 is 0 Å². The second kappa shape index (κ2) is 6.44. The topological polar surface area (TPSA) is 12.0 Å². The molecule has 0 atom stereocenters. The predicted octanol–water partition coefficient (Wildman–Crippen LogP) is 3.59. The molecule has 1 aliphatic rings. The summed E-state index contributed by atoms with van der Waals surface area (Å²) in [5.74, 6) is 1.84. The van der Waals surface area contributed by atoms with Crippen molar-refractivity contribution in [3.63, 3.8) is 0 Å². The van der Waals surface area contributed by atoms with Crippen LogP contribution in [0.1, 0.15) is 59.3 Å². The van der Waals surface area contributed by atoms with Gasteiger partial charge in [0.15, 0.2) is 0 Å². The molecule has 14 heavy (non-hydrogen) atoms. The van der Waals surface area contributed by atoms with Crippen molar-refractivity contribution in [2.24, 2.45) is 11.8 Å². The van der Waals surface area contributed by atoms with Crippen LogP contribution in [0.2, 0.25) is 0 Å². The van der Waals surface area contributed by atoms with Gasteiger partial charge in [-0.25, -0.2) is 0 Å². The van der Waals surface area contributed by atoms with Crippen LogP contribution >= 0.6 is 0 Å². The summed E-state index contributed by atoms with van der Waals surface area (Å²) >= 11 is 0. The molecule has 0 aromatic heterocycles. The maximum Gasteiger partial charge on any atom is 0.00672 e. The molecule has 0 amide bonds. The van der Waals surface area contributed by atoms with Crippen molar-refractivity contribution >= 4 is 0 Å². The first kappa shape index (κ1) is 12.0. The van der Waals surface area contributed by atoms with Crippen LogP contribution < -0.4 is 5.32 Å². The molecule has 84 valence electrons. The van der Waals surface area contributed by atoms with Gasteiger partial charge in [0.05, 0.1) is 0 Å². The molecule has 0 heterocycles. The molecule has 0 unspecified atom stereocenters. The Hall–Kier alpha value is -0.0400. The van der Waals surface area contributed by atoms with E-state index < -0.39 is 0 Å². The van der Waals surface area contributed by atoms with E-state index in [1.807, 2.05) is 0 Å². The lowest BCUT2D eigenvalue weighted by molar-refractivity contribution is 0.305. The quantitative estimate of drug-likeness (QED) is 0.664. The molecule has 1 heteroatoms. The van der Waals surface area contributed by atoms with Crippen LogP contribution in [0.25, 0.3) is 0 Å². The van der Waals surface area contributed by atoms with Crippen molar-refractivity contribution < 1.29 is 0 Å². The highest BCUT2D eigenvalue weighted by molar-refractivity contribution is 4.74. The minimum Gasteiger partial charge on any atom is -0.314 e. The first-order valence-corrected chi connectivity index (χ1v) is 6.42. The number of hydrogen-bond acceptors (Lipinski definition) is 1. The summed E-state index contributed by atoms with van der Waals surface area (Å²) in [6.45, 7) is 8.23. The number of nitrogens with one attached hydrogen (secondary N) is 1. The van der Waals surface area contributed by atoms with Crippen LogP contribution in [-0.4, -0.2) is 12.6 Å². The average molecular weight is 197 g/mol. The molecule has 1 rings (SSSR count). The maximum absolute atomic E-state index is 3.70. The second-order valence-corrected chi connectivity index (χ2v) is 5.45. The predicted molar refractivity (Wildman–Crippen MR) is 63.5 cm³/mol. The highest BCUT2D eigenvalue weighted by atomic mass is 14.9. The number of hydrogen-bond donors (Lipinski definition) is 1. The van der Waals surface area contributed by atoms with E-state index in [4.69, 9.17) is 0 Å². The fourth-order valence-electron chi connectivity index (χ4n) is 2.28. The summed E-state index contributed by atoms with van der Waals surface area (Å²) in [7, 11) is 0. The van der Waals surface area contributed by atoms with Gasteiger partial charge in [0.2, 0.25) is 0 Å². The highest BCUT2D eigenvalue weighted by Crippen LogP contribution is 2.23. The van der Waals surface area contributed by atoms with Gasteiger partial charge in [-0.1, -0.05) is 20.8 Å². The second-order valence-electron chi connectivity index (χ2n) is 5.45. The third-order valence-electron chi connectivity index (χ3n) is 3.41. The molecular formula is C13H27N. The Morgan fingerprint density at radius 3 is 2.36 bits per heavy atom. The first-order valence-electron chi connectivity index (χ1n) is 6.42. The Balaban J connectivity index is 1.96. The summed E-state index contributed by atoms with van der Waals surface area (Å²) in [6.07, 6.45) is 8.40. The summed E-state index contributed by atoms with van der Waals surface area (Å²) in [5.41, 5.74) is 0. The van der Waals surface area contributed by atoms with Gasteiger partial charge in [0.25, 0.3) is 0 Å². The Labute approximate surface area is 89.7 Å². The summed E-state index contributed by atoms with van der Waals surface area (Å²) in [4.78, 5) is 0. The zero-order valence-electron chi connectivity index (χ0n) is 10.2. The van der Waals surface area contributed by atoms with Crippen molar-refractivity contribution in [2.75, 3.05) is 6.54 Å². The first-order chi connectivity index (χ1) is 6.68. The number of rotatable bonds is 5. The van der Waals surface area contributed by atoms with Gasteiger partial charge in [-0.05, 0) is 56.9 Å². The lowest BCUT2D eigenvalue weighted by atomic mass is 9.87. The van der Waals surface area contributed by atoms with Gasteiger partial charge in [0, 0.05) is 6.04 Å². The monoisotopic (exact) mass is 197 g/mol. The van der Waals surface area contributed by atoms with Gasteiger partial charge in [0.1, 0.15) is 0 Å². The maximum atomic E-state index is 3.70. The van der Waals surface area contributed by atoms with Crippen molar-refractivity contribution in [1.82, 2.24) is 5.32 Å². The Morgan fingerprint density at radius 1 is 1.14 bits per heavy atom. The molecule has 1 saturated carbocycles. The summed E-state index contributed by atoms with van der Waals surface area (Å²) in [5, 5.41) is 3.70. The van der Waals surface area contributed by atoms with E-state index in [-0.39, 0.29) is 0 Å². The van der Waals surface area contributed by atoms with E-state index in [0.29, 0.717) is 0 Å². The van der Waals surface area contributed by atoms with Crippen LogP contribution in [0.4, 0.5) is 0 Å². The normalized spacial score (nSPS) is 28.3. The van der Waals surface area contributed by atoms with E-state index in [1.165, 1.54) is 45.1 Å². The summed E-state index contributed by atoms with van der Waals surface area (Å²) in [6, 6.07) is 0.832. The Bertz CT molecular complexity index is 134. The van der Waals surface area contributed by atoms with E-state index in [0.717, 1.165) is 17.9 Å². The fraction of sp³-hybridized carbons (Fsp3) is 1.00. The lowest BCUT2D eigenvalue weighted by Crippen LogP contribution is -2.33. The smallest absolute Gasteiger partial charge is 0.00672 e. The SMILES string of the molecule is CC(C)CCCNC1CCC(C)CC1. The zero-order chi connectivity index (χ0) is 10.4. The van der Waals surface area contributed by atoms with Crippen LogP contribution in [0.5, 0.6) is 0 Å². The molecule has 1 nitrogen and oxygen atoms in total. The molecule has 0 spiro atoms. The van der Waals surface area contributed by atoms with Gasteiger partial charge in [-0.3, -0.25) is 0 Å². The van der Waals surface area contributed by atoms with Crippen molar-refractivity contribution in [3.8, 4) is 0 Å². The largest absolute Gasteiger partial charge is 0.314 e. The molecule has 1 aliphatic carbocycles. The average Bonchev–Trinajstić information content (AvgIpc) is 2.15. The van der Waals surface area contributed by atoms with E-state index in [9.17, 15) is 0 Å². The van der Waals surface area contributed by atoms with Gasteiger partial charge in [-0.2, -0.15) is 0 Å². The van der Waals surface area contributed by atoms with Gasteiger partial charge in [-0.15, -0.1) is 0 Å².